The Hall–Kier alpha value is -2.87. The molecule has 0 aliphatic carbocycles. The fourth-order valence-electron chi connectivity index (χ4n) is 2.62. The molecule has 0 fully saturated rings. The molecule has 0 radical (unpaired) electrons. The third kappa shape index (κ3) is 4.17. The quantitative estimate of drug-likeness (QED) is 0.637. The van der Waals surface area contributed by atoms with Crippen LogP contribution >= 0.6 is 0 Å². The number of nitrogens with one attached hydrogen (secondary N) is 1. The number of methoxy groups -OCH3 is 1. The second kappa shape index (κ2) is 8.02. The minimum absolute atomic E-state index is 0.0761. The maximum absolute atomic E-state index is 12.8. The van der Waals surface area contributed by atoms with Gasteiger partial charge >= 0.3 is 0 Å². The number of hydrogen-bond donors (Lipinski definition) is 1. The van der Waals surface area contributed by atoms with Crippen LogP contribution in [0.25, 0.3) is 11.5 Å². The highest BCUT2D eigenvalue weighted by Crippen LogP contribution is 2.32. The van der Waals surface area contributed by atoms with E-state index in [1.165, 1.54) is 19.2 Å². The molecule has 0 aliphatic heterocycles. The first-order valence-electron chi connectivity index (χ1n) is 8.97. The summed E-state index contributed by atoms with van der Waals surface area (Å²) in [6.07, 6.45) is 0.886. The van der Waals surface area contributed by atoms with Gasteiger partial charge in [-0.05, 0) is 42.3 Å². The summed E-state index contributed by atoms with van der Waals surface area (Å²) in [7, 11) is -2.29. The van der Waals surface area contributed by atoms with Gasteiger partial charge in [0.05, 0.1) is 17.6 Å². The van der Waals surface area contributed by atoms with Gasteiger partial charge < -0.3 is 9.26 Å². The molecule has 0 amide bonds. The predicted molar refractivity (Wildman–Crippen MR) is 107 cm³/mol. The number of benzene rings is 2. The van der Waals surface area contributed by atoms with E-state index in [-0.39, 0.29) is 16.7 Å². The summed E-state index contributed by atoms with van der Waals surface area (Å²) >= 11 is 0. The molecule has 2 aromatic carbocycles. The summed E-state index contributed by atoms with van der Waals surface area (Å²) in [4.78, 5) is 4.42. The molecule has 3 aromatic rings. The molecule has 0 saturated carbocycles. The Morgan fingerprint density at radius 1 is 1.14 bits per heavy atom. The zero-order valence-electron chi connectivity index (χ0n) is 16.3. The lowest BCUT2D eigenvalue weighted by molar-refractivity contribution is 0.401. The molecule has 0 atom stereocenters. The fourth-order valence-corrected chi connectivity index (χ4v) is 3.71. The molecule has 148 valence electrons. The van der Waals surface area contributed by atoms with Crippen LogP contribution < -0.4 is 9.46 Å². The average Bonchev–Trinajstić information content (AvgIpc) is 3.18. The van der Waals surface area contributed by atoms with Crippen molar-refractivity contribution in [3.05, 3.63) is 53.9 Å². The van der Waals surface area contributed by atoms with Gasteiger partial charge in [-0.3, -0.25) is 4.72 Å². The van der Waals surface area contributed by atoms with Gasteiger partial charge in [0.2, 0.25) is 0 Å². The molecule has 0 saturated heterocycles. The van der Waals surface area contributed by atoms with Crippen LogP contribution in [-0.4, -0.2) is 25.7 Å². The van der Waals surface area contributed by atoms with Crippen molar-refractivity contribution >= 4 is 15.7 Å². The molecule has 28 heavy (non-hydrogen) atoms. The standard InChI is InChI=1S/C20H23N3O4S/c1-5-14-6-8-15(9-7-14)23-28(24,25)16-10-11-18(26-4)17(12-16)20-21-19(13(2)3)22-27-20/h6-13,23H,5H2,1-4H3. The van der Waals surface area contributed by atoms with Crippen molar-refractivity contribution in [1.82, 2.24) is 10.1 Å². The van der Waals surface area contributed by atoms with Crippen LogP contribution in [0.4, 0.5) is 5.69 Å². The predicted octanol–water partition coefficient (Wildman–Crippen LogP) is 4.23. The molecular weight excluding hydrogens is 378 g/mol. The van der Waals surface area contributed by atoms with Crippen molar-refractivity contribution in [3.8, 4) is 17.2 Å². The Morgan fingerprint density at radius 3 is 2.43 bits per heavy atom. The van der Waals surface area contributed by atoms with Crippen LogP contribution in [-0.2, 0) is 16.4 Å². The molecule has 3 rings (SSSR count). The molecule has 8 heteroatoms. The van der Waals surface area contributed by atoms with Crippen molar-refractivity contribution < 1.29 is 17.7 Å². The fraction of sp³-hybridized carbons (Fsp3) is 0.300. The highest BCUT2D eigenvalue weighted by Gasteiger charge is 2.21. The largest absolute Gasteiger partial charge is 0.496 e. The van der Waals surface area contributed by atoms with Crippen molar-refractivity contribution in [3.63, 3.8) is 0 Å². The second-order valence-corrected chi connectivity index (χ2v) is 8.31. The van der Waals surface area contributed by atoms with Gasteiger partial charge in [0.15, 0.2) is 5.82 Å². The minimum Gasteiger partial charge on any atom is -0.496 e. The van der Waals surface area contributed by atoms with Crippen LogP contribution in [0.15, 0.2) is 51.9 Å². The number of aromatic nitrogens is 2. The summed E-state index contributed by atoms with van der Waals surface area (Å²) in [6.45, 7) is 5.93. The van der Waals surface area contributed by atoms with Crippen molar-refractivity contribution in [2.75, 3.05) is 11.8 Å². The Labute approximate surface area is 164 Å². The number of hydrogen-bond acceptors (Lipinski definition) is 6. The Morgan fingerprint density at radius 2 is 1.86 bits per heavy atom. The van der Waals surface area contributed by atoms with Crippen LogP contribution in [0.5, 0.6) is 5.75 Å². The first-order chi connectivity index (χ1) is 13.3. The van der Waals surface area contributed by atoms with Gasteiger partial charge in [0.1, 0.15) is 5.75 Å². The van der Waals surface area contributed by atoms with Gasteiger partial charge in [0, 0.05) is 11.6 Å². The van der Waals surface area contributed by atoms with Crippen LogP contribution in [0.3, 0.4) is 0 Å². The smallest absolute Gasteiger partial charge is 0.261 e. The van der Waals surface area contributed by atoms with E-state index in [4.69, 9.17) is 9.26 Å². The molecule has 1 N–H and O–H groups in total. The van der Waals surface area contributed by atoms with E-state index in [1.54, 1.807) is 18.2 Å². The van der Waals surface area contributed by atoms with E-state index in [1.807, 2.05) is 32.9 Å². The lowest BCUT2D eigenvalue weighted by Gasteiger charge is -2.11. The normalized spacial score (nSPS) is 11.6. The number of rotatable bonds is 7. The SMILES string of the molecule is CCc1ccc(NS(=O)(=O)c2ccc(OC)c(-c3nc(C(C)C)no3)c2)cc1. The van der Waals surface area contributed by atoms with E-state index in [0.29, 0.717) is 22.8 Å². The molecule has 0 aliphatic rings. The number of anilines is 1. The summed E-state index contributed by atoms with van der Waals surface area (Å²) in [5, 5.41) is 3.94. The number of aryl methyl sites for hydroxylation is 1. The lowest BCUT2D eigenvalue weighted by atomic mass is 10.2. The highest BCUT2D eigenvalue weighted by atomic mass is 32.2. The van der Waals surface area contributed by atoms with Gasteiger partial charge in [-0.25, -0.2) is 8.42 Å². The van der Waals surface area contributed by atoms with E-state index in [0.717, 1.165) is 12.0 Å². The first kappa shape index (κ1) is 19.9. The van der Waals surface area contributed by atoms with Crippen LogP contribution in [0, 0.1) is 0 Å². The van der Waals surface area contributed by atoms with Crippen molar-refractivity contribution in [2.45, 2.75) is 38.0 Å². The van der Waals surface area contributed by atoms with E-state index < -0.39 is 10.0 Å². The Kier molecular flexibility index (Phi) is 5.69. The van der Waals surface area contributed by atoms with Crippen LogP contribution in [0.2, 0.25) is 0 Å². The summed E-state index contributed by atoms with van der Waals surface area (Å²) in [5.41, 5.74) is 2.05. The van der Waals surface area contributed by atoms with Gasteiger partial charge in [-0.15, -0.1) is 0 Å². The van der Waals surface area contributed by atoms with E-state index >= 15 is 0 Å². The zero-order chi connectivity index (χ0) is 20.3. The first-order valence-corrected chi connectivity index (χ1v) is 10.5. The third-order valence-corrected chi connectivity index (χ3v) is 5.66. The maximum atomic E-state index is 12.8. The van der Waals surface area contributed by atoms with Gasteiger partial charge in [-0.1, -0.05) is 38.1 Å². The molecule has 1 aromatic heterocycles. The zero-order valence-corrected chi connectivity index (χ0v) is 17.1. The summed E-state index contributed by atoms with van der Waals surface area (Å²) < 4.78 is 38.9. The molecule has 0 bridgehead atoms. The average molecular weight is 401 g/mol. The Bertz CT molecular complexity index is 1060. The number of sulfonamides is 1. The number of nitrogens with zero attached hydrogens (tertiary/aromatic N) is 2. The minimum atomic E-state index is -3.79. The molecule has 7 nitrogen and oxygen atoms in total. The monoisotopic (exact) mass is 401 g/mol. The van der Waals surface area contributed by atoms with Crippen LogP contribution in [0.1, 0.15) is 38.1 Å². The Balaban J connectivity index is 1.96. The molecule has 0 unspecified atom stereocenters. The highest BCUT2D eigenvalue weighted by molar-refractivity contribution is 7.92. The third-order valence-electron chi connectivity index (χ3n) is 4.28. The summed E-state index contributed by atoms with van der Waals surface area (Å²) in [5.74, 6) is 1.29. The molecule has 1 heterocycles. The van der Waals surface area contributed by atoms with Crippen molar-refractivity contribution in [2.24, 2.45) is 0 Å². The maximum Gasteiger partial charge on any atom is 0.261 e. The molecular formula is C20H23N3O4S. The van der Waals surface area contributed by atoms with Gasteiger partial charge in [0.25, 0.3) is 15.9 Å². The summed E-state index contributed by atoms with van der Waals surface area (Å²) in [6, 6.07) is 11.8. The second-order valence-electron chi connectivity index (χ2n) is 6.63. The molecule has 0 spiro atoms. The van der Waals surface area contributed by atoms with E-state index in [9.17, 15) is 8.42 Å². The van der Waals surface area contributed by atoms with Crippen molar-refractivity contribution in [1.29, 1.82) is 0 Å². The topological polar surface area (TPSA) is 94.3 Å². The van der Waals surface area contributed by atoms with E-state index in [2.05, 4.69) is 14.9 Å². The van der Waals surface area contributed by atoms with Gasteiger partial charge in [-0.2, -0.15) is 4.98 Å². The number of ether oxygens (including phenoxy) is 1. The lowest BCUT2D eigenvalue weighted by Crippen LogP contribution is -2.13.